The predicted molar refractivity (Wildman–Crippen MR) is 87.0 cm³/mol. The molecule has 1 saturated heterocycles. The van der Waals surface area contributed by atoms with Crippen LogP contribution < -0.4 is 5.46 Å². The van der Waals surface area contributed by atoms with Gasteiger partial charge in [-0.3, -0.25) is 0 Å². The first-order valence-corrected chi connectivity index (χ1v) is 8.78. The minimum atomic E-state index is -3.71. The molecule has 3 rings (SSSR count). The number of nitrogens with zero attached hydrogens (tertiary/aromatic N) is 2. The average molecular weight is 334 g/mol. The zero-order valence-corrected chi connectivity index (χ0v) is 14.4. The zero-order valence-electron chi connectivity index (χ0n) is 13.6. The van der Waals surface area contributed by atoms with E-state index >= 15 is 0 Å². The minimum Gasteiger partial charge on any atom is -0.399 e. The van der Waals surface area contributed by atoms with Crippen LogP contribution in [0.25, 0.3) is 0 Å². The molecular formula is C15H19BN2O4S. The van der Waals surface area contributed by atoms with Crippen LogP contribution in [0.15, 0.2) is 47.6 Å². The van der Waals surface area contributed by atoms with Crippen LogP contribution in [0, 0.1) is 0 Å². The van der Waals surface area contributed by atoms with E-state index < -0.39 is 28.3 Å². The lowest BCUT2D eigenvalue weighted by atomic mass is 9.82. The van der Waals surface area contributed by atoms with E-state index in [1.54, 1.807) is 18.2 Å². The molecule has 8 heteroatoms. The second kappa shape index (κ2) is 5.19. The third-order valence-corrected chi connectivity index (χ3v) is 5.95. The van der Waals surface area contributed by atoms with Crippen LogP contribution >= 0.6 is 0 Å². The van der Waals surface area contributed by atoms with Gasteiger partial charge in [-0.15, -0.1) is 0 Å². The molecule has 0 saturated carbocycles. The normalized spacial score (nSPS) is 19.9. The Morgan fingerprint density at radius 1 is 1.04 bits per heavy atom. The SMILES string of the molecule is CC1(C)OB(c2cnn(S(=O)(=O)c3ccccc3)c2)OC1(C)C. The van der Waals surface area contributed by atoms with Crippen molar-refractivity contribution in [2.24, 2.45) is 0 Å². The number of aromatic nitrogens is 2. The highest BCUT2D eigenvalue weighted by Crippen LogP contribution is 2.36. The molecule has 1 aliphatic heterocycles. The van der Waals surface area contributed by atoms with Gasteiger partial charge in [0.1, 0.15) is 0 Å². The summed E-state index contributed by atoms with van der Waals surface area (Å²) >= 11 is 0. The minimum absolute atomic E-state index is 0.184. The Morgan fingerprint density at radius 2 is 1.61 bits per heavy atom. The summed E-state index contributed by atoms with van der Waals surface area (Å²) in [5.74, 6) is 0. The van der Waals surface area contributed by atoms with Crippen LogP contribution in [0.2, 0.25) is 0 Å². The van der Waals surface area contributed by atoms with E-state index in [0.29, 0.717) is 5.46 Å². The van der Waals surface area contributed by atoms with Crippen LogP contribution in [-0.2, 0) is 19.3 Å². The van der Waals surface area contributed by atoms with Gasteiger partial charge >= 0.3 is 7.12 Å². The average Bonchev–Trinajstić information content (AvgIpc) is 3.04. The van der Waals surface area contributed by atoms with Crippen LogP contribution in [0.3, 0.4) is 0 Å². The molecule has 122 valence electrons. The summed E-state index contributed by atoms with van der Waals surface area (Å²) in [5.41, 5.74) is -0.404. The molecule has 0 atom stereocenters. The highest BCUT2D eigenvalue weighted by atomic mass is 32.2. The number of hydrogen-bond acceptors (Lipinski definition) is 5. The van der Waals surface area contributed by atoms with Gasteiger partial charge in [-0.05, 0) is 39.8 Å². The molecule has 1 fully saturated rings. The molecule has 0 radical (unpaired) electrons. The van der Waals surface area contributed by atoms with Crippen LogP contribution in [0.1, 0.15) is 27.7 Å². The van der Waals surface area contributed by atoms with E-state index in [1.807, 2.05) is 27.7 Å². The Hall–Kier alpha value is -1.64. The van der Waals surface area contributed by atoms with Crippen molar-refractivity contribution in [1.29, 1.82) is 0 Å². The maximum Gasteiger partial charge on any atom is 0.498 e. The third kappa shape index (κ3) is 2.71. The lowest BCUT2D eigenvalue weighted by molar-refractivity contribution is 0.00578. The first-order valence-electron chi connectivity index (χ1n) is 7.34. The van der Waals surface area contributed by atoms with Crippen molar-refractivity contribution < 1.29 is 17.7 Å². The molecule has 0 aliphatic carbocycles. The fraction of sp³-hybridized carbons (Fsp3) is 0.400. The lowest BCUT2D eigenvalue weighted by Gasteiger charge is -2.32. The number of hydrogen-bond donors (Lipinski definition) is 0. The molecule has 0 bridgehead atoms. The zero-order chi connectivity index (χ0) is 16.9. The fourth-order valence-corrected chi connectivity index (χ4v) is 3.40. The van der Waals surface area contributed by atoms with Gasteiger partial charge < -0.3 is 9.31 Å². The van der Waals surface area contributed by atoms with Gasteiger partial charge in [0, 0.05) is 17.9 Å². The summed E-state index contributed by atoms with van der Waals surface area (Å²) in [6.07, 6.45) is 2.90. The first kappa shape index (κ1) is 16.2. The maximum absolute atomic E-state index is 12.5. The van der Waals surface area contributed by atoms with Crippen LogP contribution in [0.5, 0.6) is 0 Å². The molecule has 0 unspecified atom stereocenters. The summed E-state index contributed by atoms with van der Waals surface area (Å²) in [5, 5.41) is 3.97. The van der Waals surface area contributed by atoms with E-state index in [4.69, 9.17) is 9.31 Å². The second-order valence-electron chi connectivity index (χ2n) is 6.55. The van der Waals surface area contributed by atoms with Gasteiger partial charge in [-0.25, -0.2) is 0 Å². The number of rotatable bonds is 3. The molecule has 0 spiro atoms. The van der Waals surface area contributed by atoms with E-state index in [1.165, 1.54) is 24.5 Å². The Balaban J connectivity index is 1.91. The van der Waals surface area contributed by atoms with Crippen molar-refractivity contribution in [2.45, 2.75) is 43.8 Å². The van der Waals surface area contributed by atoms with Crippen molar-refractivity contribution in [1.82, 2.24) is 9.19 Å². The summed E-state index contributed by atoms with van der Waals surface area (Å²) in [7, 11) is -4.35. The van der Waals surface area contributed by atoms with E-state index in [-0.39, 0.29) is 4.90 Å². The highest BCUT2D eigenvalue weighted by Gasteiger charge is 2.52. The molecular weight excluding hydrogens is 315 g/mol. The van der Waals surface area contributed by atoms with E-state index in [9.17, 15) is 8.42 Å². The van der Waals surface area contributed by atoms with Gasteiger partial charge in [-0.1, -0.05) is 18.2 Å². The van der Waals surface area contributed by atoms with Crippen molar-refractivity contribution >= 4 is 22.6 Å². The van der Waals surface area contributed by atoms with Crippen LogP contribution in [-0.4, -0.2) is 35.9 Å². The molecule has 2 heterocycles. The molecule has 2 aromatic rings. The Labute approximate surface area is 136 Å². The Kier molecular flexibility index (Phi) is 3.66. The van der Waals surface area contributed by atoms with E-state index in [2.05, 4.69) is 5.10 Å². The van der Waals surface area contributed by atoms with Gasteiger partial charge in [0.25, 0.3) is 10.0 Å². The summed E-state index contributed by atoms with van der Waals surface area (Å²) < 4.78 is 37.8. The monoisotopic (exact) mass is 334 g/mol. The highest BCUT2D eigenvalue weighted by molar-refractivity contribution is 7.89. The Bertz CT molecular complexity index is 799. The molecule has 1 aromatic heterocycles. The molecule has 0 amide bonds. The van der Waals surface area contributed by atoms with E-state index in [0.717, 1.165) is 4.09 Å². The lowest BCUT2D eigenvalue weighted by Crippen LogP contribution is -2.41. The molecule has 23 heavy (non-hydrogen) atoms. The number of benzene rings is 1. The van der Waals surface area contributed by atoms with Gasteiger partial charge in [0.15, 0.2) is 0 Å². The molecule has 1 aliphatic rings. The van der Waals surface area contributed by atoms with Crippen molar-refractivity contribution in [2.75, 3.05) is 0 Å². The summed E-state index contributed by atoms with van der Waals surface area (Å²) in [4.78, 5) is 0.184. The first-order chi connectivity index (χ1) is 10.6. The molecule has 0 N–H and O–H groups in total. The molecule has 1 aromatic carbocycles. The topological polar surface area (TPSA) is 70.4 Å². The Morgan fingerprint density at radius 3 is 2.17 bits per heavy atom. The summed E-state index contributed by atoms with van der Waals surface area (Å²) in [6, 6.07) is 8.17. The predicted octanol–water partition coefficient (Wildman–Crippen LogP) is 1.42. The fourth-order valence-electron chi connectivity index (χ4n) is 2.25. The quantitative estimate of drug-likeness (QED) is 0.794. The third-order valence-electron chi connectivity index (χ3n) is 4.39. The van der Waals surface area contributed by atoms with Crippen molar-refractivity contribution in [3.05, 3.63) is 42.7 Å². The van der Waals surface area contributed by atoms with Gasteiger partial charge in [0.05, 0.1) is 16.1 Å². The van der Waals surface area contributed by atoms with Crippen molar-refractivity contribution in [3.8, 4) is 0 Å². The van der Waals surface area contributed by atoms with Crippen LogP contribution in [0.4, 0.5) is 0 Å². The smallest absolute Gasteiger partial charge is 0.399 e. The van der Waals surface area contributed by atoms with Gasteiger partial charge in [-0.2, -0.15) is 17.6 Å². The maximum atomic E-state index is 12.5. The molecule has 6 nitrogen and oxygen atoms in total. The standard InChI is InChI=1S/C15H19BN2O4S/c1-14(2)15(3,4)22-16(21-14)12-10-17-18(11-12)23(19,20)13-8-6-5-7-9-13/h5-11H,1-4H3. The second-order valence-corrected chi connectivity index (χ2v) is 8.35. The largest absolute Gasteiger partial charge is 0.498 e. The summed E-state index contributed by atoms with van der Waals surface area (Å²) in [6.45, 7) is 7.77. The van der Waals surface area contributed by atoms with Crippen molar-refractivity contribution in [3.63, 3.8) is 0 Å². The van der Waals surface area contributed by atoms with Gasteiger partial charge in [0.2, 0.25) is 0 Å².